The Kier molecular flexibility index (Phi) is 14.5. The standard InChI is InChI=1S/C47H55ClN8O8S/c1-27(2)64-38-24-33(29(5)23-36(38)52-47-50-25-34(48)43(54-47)51-35-14-6-7-15-39(35)65(62,63)28(3)4)30-18-21-55(22-19-30)26-41(58)49-20-9-8-11-31-12-10-13-32-42(31)46(61)56(45(32)60)37-16-17-40(57)53-44(37)59/h6-7,10,12-15,23-25,27-28,30,37H,8-9,11,16-22,26H2,1-5H3,(H,49,58)(H,53,57,59)(H2,50,51,52,54). The minimum Gasteiger partial charge on any atom is -0.489 e. The lowest BCUT2D eigenvalue weighted by molar-refractivity contribution is -0.136. The van der Waals surface area contributed by atoms with Gasteiger partial charge in [-0.1, -0.05) is 35.9 Å². The Labute approximate surface area is 384 Å². The molecule has 1 unspecified atom stereocenters. The Bertz CT molecular complexity index is 2610. The van der Waals surface area contributed by atoms with Crippen molar-refractivity contribution >= 4 is 74.1 Å². The van der Waals surface area contributed by atoms with Gasteiger partial charge in [0.15, 0.2) is 15.7 Å². The Morgan fingerprint density at radius 3 is 2.42 bits per heavy atom. The summed E-state index contributed by atoms with van der Waals surface area (Å²) in [6.07, 6.45) is 5.06. The zero-order valence-corrected chi connectivity index (χ0v) is 38.8. The molecule has 4 N–H and O–H groups in total. The fourth-order valence-electron chi connectivity index (χ4n) is 8.55. The first-order valence-corrected chi connectivity index (χ1v) is 24.0. The smallest absolute Gasteiger partial charge is 0.262 e. The highest BCUT2D eigenvalue weighted by Crippen LogP contribution is 2.39. The van der Waals surface area contributed by atoms with Gasteiger partial charge in [0.05, 0.1) is 51.5 Å². The van der Waals surface area contributed by atoms with E-state index in [4.69, 9.17) is 16.3 Å². The van der Waals surface area contributed by atoms with E-state index in [1.165, 1.54) is 6.20 Å². The van der Waals surface area contributed by atoms with Crippen LogP contribution in [0, 0.1) is 6.92 Å². The Morgan fingerprint density at radius 2 is 1.69 bits per heavy atom. The summed E-state index contributed by atoms with van der Waals surface area (Å²) < 4.78 is 32.5. The topological polar surface area (TPSA) is 209 Å². The number of fused-ring (bicyclic) bond motifs is 1. The van der Waals surface area contributed by atoms with E-state index in [-0.39, 0.29) is 64.6 Å². The number of para-hydroxylation sites is 1. The molecule has 4 aromatic rings. The average Bonchev–Trinajstić information content (AvgIpc) is 3.51. The number of nitrogens with one attached hydrogen (secondary N) is 4. The molecule has 4 heterocycles. The number of aromatic nitrogens is 2. The van der Waals surface area contributed by atoms with Crippen LogP contribution in [0.1, 0.15) is 110 Å². The quantitative estimate of drug-likeness (QED) is 0.0650. The van der Waals surface area contributed by atoms with E-state index in [1.54, 1.807) is 50.2 Å². The Hall–Kier alpha value is -5.91. The third kappa shape index (κ3) is 10.6. The van der Waals surface area contributed by atoms with E-state index < -0.39 is 44.8 Å². The Morgan fingerprint density at radius 1 is 0.938 bits per heavy atom. The van der Waals surface area contributed by atoms with Crippen LogP contribution in [0.3, 0.4) is 0 Å². The van der Waals surface area contributed by atoms with Gasteiger partial charge in [-0.2, -0.15) is 4.98 Å². The number of amides is 5. The monoisotopic (exact) mass is 926 g/mol. The van der Waals surface area contributed by atoms with Crippen molar-refractivity contribution in [2.75, 3.05) is 36.8 Å². The van der Waals surface area contributed by atoms with Crippen molar-refractivity contribution in [2.24, 2.45) is 0 Å². The van der Waals surface area contributed by atoms with Crippen molar-refractivity contribution in [3.8, 4) is 5.75 Å². The molecule has 3 aromatic carbocycles. The second kappa shape index (κ2) is 20.1. The number of hydrogen-bond acceptors (Lipinski definition) is 13. The molecule has 0 radical (unpaired) electrons. The van der Waals surface area contributed by atoms with Crippen LogP contribution >= 0.6 is 11.6 Å². The zero-order valence-electron chi connectivity index (χ0n) is 37.2. The van der Waals surface area contributed by atoms with Gasteiger partial charge < -0.3 is 20.7 Å². The summed E-state index contributed by atoms with van der Waals surface area (Å²) in [4.78, 5) is 76.0. The highest BCUT2D eigenvalue weighted by Gasteiger charge is 2.45. The first-order chi connectivity index (χ1) is 31.0. The number of likely N-dealkylation sites (tertiary alicyclic amines) is 1. The van der Waals surface area contributed by atoms with E-state index >= 15 is 0 Å². The number of benzene rings is 3. The predicted octanol–water partition coefficient (Wildman–Crippen LogP) is 6.61. The number of sulfone groups is 1. The molecule has 0 saturated carbocycles. The van der Waals surface area contributed by atoms with Crippen molar-refractivity contribution in [3.05, 3.63) is 93.6 Å². The third-order valence-electron chi connectivity index (χ3n) is 11.9. The summed E-state index contributed by atoms with van der Waals surface area (Å²) in [5.41, 5.74) is 4.52. The zero-order chi connectivity index (χ0) is 46.6. The van der Waals surface area contributed by atoms with Gasteiger partial charge in [-0.15, -0.1) is 0 Å². The van der Waals surface area contributed by atoms with Crippen LogP contribution in [0.4, 0.5) is 23.1 Å². The number of nitrogens with zero attached hydrogens (tertiary/aromatic N) is 4. The maximum atomic E-state index is 13.4. The fraction of sp³-hybridized carbons (Fsp3) is 0.426. The number of hydrogen-bond donors (Lipinski definition) is 4. The van der Waals surface area contributed by atoms with E-state index in [9.17, 15) is 32.4 Å². The summed E-state index contributed by atoms with van der Waals surface area (Å²) in [6.45, 7) is 11.5. The van der Waals surface area contributed by atoms with Crippen LogP contribution in [0.5, 0.6) is 5.75 Å². The molecule has 2 saturated heterocycles. The average molecular weight is 928 g/mol. The molecule has 5 amide bonds. The van der Waals surface area contributed by atoms with Gasteiger partial charge in [-0.05, 0) is 139 Å². The van der Waals surface area contributed by atoms with Crippen LogP contribution in [0.25, 0.3) is 0 Å². The summed E-state index contributed by atoms with van der Waals surface area (Å²) in [6, 6.07) is 14.8. The minimum absolute atomic E-state index is 0.0588. The molecule has 65 heavy (non-hydrogen) atoms. The number of halogens is 1. The van der Waals surface area contributed by atoms with Crippen molar-refractivity contribution in [2.45, 2.75) is 108 Å². The van der Waals surface area contributed by atoms with Crippen molar-refractivity contribution in [1.82, 2.24) is 30.4 Å². The van der Waals surface area contributed by atoms with Gasteiger partial charge >= 0.3 is 0 Å². The number of carbonyl (C=O) groups is 5. The molecule has 18 heteroatoms. The molecule has 0 bridgehead atoms. The molecule has 1 aromatic heterocycles. The number of piperidine rings is 2. The second-order valence-corrected chi connectivity index (χ2v) is 20.1. The van der Waals surface area contributed by atoms with Gasteiger partial charge in [0.1, 0.15) is 16.8 Å². The first kappa shape index (κ1) is 47.1. The van der Waals surface area contributed by atoms with Crippen molar-refractivity contribution < 1.29 is 37.1 Å². The molecule has 7 rings (SSSR count). The molecule has 344 valence electrons. The predicted molar refractivity (Wildman–Crippen MR) is 247 cm³/mol. The van der Waals surface area contributed by atoms with Crippen LogP contribution in [-0.4, -0.2) is 101 Å². The van der Waals surface area contributed by atoms with E-state index in [2.05, 4.69) is 49.1 Å². The SMILES string of the molecule is Cc1cc(Nc2ncc(Cl)c(Nc3ccccc3S(=O)(=O)C(C)C)n2)c(OC(C)C)cc1C1CCN(CC(=O)NCCCCc2cccc3c2C(=O)N(C2CCC(=O)NC2=O)C3=O)CC1. The van der Waals surface area contributed by atoms with Gasteiger partial charge in [0, 0.05) is 13.0 Å². The first-order valence-electron chi connectivity index (χ1n) is 22.0. The summed E-state index contributed by atoms with van der Waals surface area (Å²) >= 11 is 6.50. The molecule has 2 fully saturated rings. The largest absolute Gasteiger partial charge is 0.489 e. The highest BCUT2D eigenvalue weighted by molar-refractivity contribution is 7.92. The number of imide groups is 2. The lowest BCUT2D eigenvalue weighted by atomic mass is 9.86. The van der Waals surface area contributed by atoms with Gasteiger partial charge in [-0.3, -0.25) is 39.1 Å². The molecule has 3 aliphatic rings. The van der Waals surface area contributed by atoms with Crippen LogP contribution < -0.4 is 26.0 Å². The summed E-state index contributed by atoms with van der Waals surface area (Å²) in [5, 5.41) is 11.2. The molecule has 1 atom stereocenters. The Balaban J connectivity index is 0.908. The van der Waals surface area contributed by atoms with Gasteiger partial charge in [0.2, 0.25) is 23.7 Å². The van der Waals surface area contributed by atoms with E-state index in [0.717, 1.165) is 42.0 Å². The number of rotatable bonds is 17. The molecule has 3 aliphatic heterocycles. The fourth-order valence-corrected chi connectivity index (χ4v) is 9.89. The van der Waals surface area contributed by atoms with Crippen molar-refractivity contribution in [3.63, 3.8) is 0 Å². The molecule has 0 spiro atoms. The normalized spacial score (nSPS) is 17.1. The molecular formula is C47H55ClN8O8S. The van der Waals surface area contributed by atoms with Crippen molar-refractivity contribution in [1.29, 1.82) is 0 Å². The third-order valence-corrected chi connectivity index (χ3v) is 14.4. The van der Waals surface area contributed by atoms with Crippen LogP contribution in [0.15, 0.2) is 65.7 Å². The minimum atomic E-state index is -3.59. The molecule has 16 nitrogen and oxygen atoms in total. The van der Waals surface area contributed by atoms with E-state index in [0.29, 0.717) is 54.1 Å². The number of carbonyl (C=O) groups excluding carboxylic acids is 5. The summed E-state index contributed by atoms with van der Waals surface area (Å²) in [5.74, 6) is -0.799. The van der Waals surface area contributed by atoms with Gasteiger partial charge in [0.25, 0.3) is 11.8 Å². The maximum Gasteiger partial charge on any atom is 0.262 e. The molecular weight excluding hydrogens is 872 g/mol. The lowest BCUT2D eigenvalue weighted by Gasteiger charge is -2.33. The number of ether oxygens (including phenoxy) is 1. The van der Waals surface area contributed by atoms with E-state index in [1.807, 2.05) is 26.0 Å². The highest BCUT2D eigenvalue weighted by atomic mass is 35.5. The number of anilines is 4. The molecule has 0 aliphatic carbocycles. The van der Waals surface area contributed by atoms with Gasteiger partial charge in [-0.25, -0.2) is 13.4 Å². The second-order valence-electron chi connectivity index (χ2n) is 17.2. The van der Waals surface area contributed by atoms with Crippen LogP contribution in [-0.2, 0) is 30.6 Å². The summed E-state index contributed by atoms with van der Waals surface area (Å²) in [7, 11) is -3.59. The number of unbranched alkanes of at least 4 members (excludes halogenated alkanes) is 1. The van der Waals surface area contributed by atoms with Crippen LogP contribution in [0.2, 0.25) is 5.02 Å². The number of aryl methyl sites for hydroxylation is 2. The maximum absolute atomic E-state index is 13.4. The lowest BCUT2D eigenvalue weighted by Crippen LogP contribution is -2.54.